The number of benzene rings is 2. The minimum atomic E-state index is -0.633. The van der Waals surface area contributed by atoms with Crippen molar-refractivity contribution >= 4 is 23.4 Å². The largest absolute Gasteiger partial charge is 0.484 e. The van der Waals surface area contributed by atoms with E-state index in [-0.39, 0.29) is 31.0 Å². The zero-order valence-electron chi connectivity index (χ0n) is 18.3. The minimum absolute atomic E-state index is 0.136. The summed E-state index contributed by atoms with van der Waals surface area (Å²) in [6.07, 6.45) is 5.47. The van der Waals surface area contributed by atoms with Gasteiger partial charge in [0, 0.05) is 17.6 Å². The third-order valence-corrected chi connectivity index (χ3v) is 6.23. The van der Waals surface area contributed by atoms with E-state index in [1.807, 2.05) is 49.4 Å². The number of ether oxygens (including phenoxy) is 1. The highest BCUT2D eigenvalue weighted by molar-refractivity contribution is 6.31. The molecule has 3 rings (SSSR count). The van der Waals surface area contributed by atoms with E-state index >= 15 is 0 Å². The second kappa shape index (κ2) is 11.2. The minimum Gasteiger partial charge on any atom is -0.484 e. The zero-order chi connectivity index (χ0) is 22.2. The van der Waals surface area contributed by atoms with Gasteiger partial charge in [0.2, 0.25) is 5.91 Å². The predicted molar refractivity (Wildman–Crippen MR) is 123 cm³/mol. The Kier molecular flexibility index (Phi) is 8.35. The van der Waals surface area contributed by atoms with Gasteiger partial charge in [-0.05, 0) is 49.9 Å². The Morgan fingerprint density at radius 3 is 2.48 bits per heavy atom. The van der Waals surface area contributed by atoms with Gasteiger partial charge >= 0.3 is 0 Å². The van der Waals surface area contributed by atoms with Gasteiger partial charge in [-0.2, -0.15) is 0 Å². The molecule has 1 N–H and O–H groups in total. The first-order chi connectivity index (χ1) is 15.0. The average Bonchev–Trinajstić information content (AvgIpc) is 2.78. The summed E-state index contributed by atoms with van der Waals surface area (Å²) in [5.41, 5.74) is 1.75. The molecule has 1 aliphatic rings. The van der Waals surface area contributed by atoms with E-state index in [0.29, 0.717) is 10.8 Å². The number of amides is 2. The van der Waals surface area contributed by atoms with Crippen LogP contribution in [0.2, 0.25) is 5.02 Å². The maximum absolute atomic E-state index is 13.2. The molecule has 1 fully saturated rings. The van der Waals surface area contributed by atoms with Gasteiger partial charge in [-0.3, -0.25) is 9.59 Å². The highest BCUT2D eigenvalue weighted by Gasteiger charge is 2.28. The molecule has 6 heteroatoms. The summed E-state index contributed by atoms with van der Waals surface area (Å²) in [4.78, 5) is 27.7. The third-order valence-electron chi connectivity index (χ3n) is 5.86. The van der Waals surface area contributed by atoms with Crippen LogP contribution >= 0.6 is 11.6 Å². The monoisotopic (exact) mass is 442 g/mol. The fraction of sp³-hybridized carbons (Fsp3) is 0.440. The second-order valence-electron chi connectivity index (χ2n) is 8.19. The van der Waals surface area contributed by atoms with Gasteiger partial charge in [-0.15, -0.1) is 0 Å². The first-order valence-electron chi connectivity index (χ1n) is 11.0. The van der Waals surface area contributed by atoms with Gasteiger partial charge < -0.3 is 15.0 Å². The summed E-state index contributed by atoms with van der Waals surface area (Å²) in [5, 5.41) is 3.70. The molecular weight excluding hydrogens is 412 g/mol. The molecule has 0 bridgehead atoms. The van der Waals surface area contributed by atoms with Crippen LogP contribution < -0.4 is 10.1 Å². The SMILES string of the molecule is Cc1ccccc1OCC(=O)N(Cc1ccccc1Cl)[C@H](C)C(=O)NC1CCCCC1. The van der Waals surface area contributed by atoms with E-state index in [9.17, 15) is 9.59 Å². The van der Waals surface area contributed by atoms with Crippen LogP contribution in [0.15, 0.2) is 48.5 Å². The summed E-state index contributed by atoms with van der Waals surface area (Å²) in [6.45, 7) is 3.80. The van der Waals surface area contributed by atoms with Crippen LogP contribution in [-0.4, -0.2) is 35.4 Å². The van der Waals surface area contributed by atoms with Gasteiger partial charge in [0.15, 0.2) is 6.61 Å². The van der Waals surface area contributed by atoms with Crippen molar-refractivity contribution in [1.82, 2.24) is 10.2 Å². The number of nitrogens with one attached hydrogen (secondary N) is 1. The van der Waals surface area contributed by atoms with Crippen molar-refractivity contribution in [3.63, 3.8) is 0 Å². The van der Waals surface area contributed by atoms with Crippen molar-refractivity contribution in [3.05, 3.63) is 64.7 Å². The molecule has 0 spiro atoms. The lowest BCUT2D eigenvalue weighted by atomic mass is 9.95. The molecular formula is C25H31ClN2O3. The van der Waals surface area contributed by atoms with Crippen molar-refractivity contribution in [3.8, 4) is 5.75 Å². The summed E-state index contributed by atoms with van der Waals surface area (Å²) >= 11 is 6.34. The first kappa shape index (κ1) is 23.1. The molecule has 166 valence electrons. The Morgan fingerprint density at radius 2 is 1.77 bits per heavy atom. The Bertz CT molecular complexity index is 896. The molecule has 2 amide bonds. The molecule has 0 aliphatic heterocycles. The van der Waals surface area contributed by atoms with Gasteiger partial charge in [-0.25, -0.2) is 0 Å². The predicted octanol–water partition coefficient (Wildman–Crippen LogP) is 4.89. The quantitative estimate of drug-likeness (QED) is 0.633. The van der Waals surface area contributed by atoms with Crippen LogP contribution in [0.4, 0.5) is 0 Å². The second-order valence-corrected chi connectivity index (χ2v) is 8.59. The van der Waals surface area contributed by atoms with Gasteiger partial charge in [0.25, 0.3) is 5.91 Å². The number of hydrogen-bond acceptors (Lipinski definition) is 3. The fourth-order valence-electron chi connectivity index (χ4n) is 3.90. The van der Waals surface area contributed by atoms with Gasteiger partial charge in [0.1, 0.15) is 11.8 Å². The number of aryl methyl sites for hydroxylation is 1. The topological polar surface area (TPSA) is 58.6 Å². The number of hydrogen-bond donors (Lipinski definition) is 1. The average molecular weight is 443 g/mol. The Balaban J connectivity index is 1.72. The Labute approximate surface area is 189 Å². The van der Waals surface area contributed by atoms with E-state index in [4.69, 9.17) is 16.3 Å². The van der Waals surface area contributed by atoms with Crippen molar-refractivity contribution in [2.75, 3.05) is 6.61 Å². The summed E-state index contributed by atoms with van der Waals surface area (Å²) < 4.78 is 5.77. The molecule has 5 nitrogen and oxygen atoms in total. The van der Waals surface area contributed by atoms with Crippen LogP contribution in [0, 0.1) is 6.92 Å². The summed E-state index contributed by atoms with van der Waals surface area (Å²) in [6, 6.07) is 14.5. The molecule has 2 aromatic rings. The van der Waals surface area contributed by atoms with Gasteiger partial charge in [-0.1, -0.05) is 67.3 Å². The molecule has 0 aromatic heterocycles. The molecule has 0 radical (unpaired) electrons. The third kappa shape index (κ3) is 6.47. The van der Waals surface area contributed by atoms with E-state index in [1.54, 1.807) is 17.9 Å². The smallest absolute Gasteiger partial charge is 0.261 e. The standard InChI is InChI=1S/C25H31ClN2O3/c1-18-10-6-9-15-23(18)31-17-24(29)28(16-20-11-7-8-14-22(20)26)19(2)25(30)27-21-12-4-3-5-13-21/h6-11,14-15,19,21H,3-5,12-13,16-17H2,1-2H3,(H,27,30)/t19-/m1/s1. The Hall–Kier alpha value is -2.53. The first-order valence-corrected chi connectivity index (χ1v) is 11.3. The molecule has 1 aliphatic carbocycles. The fourth-order valence-corrected chi connectivity index (χ4v) is 4.10. The lowest BCUT2D eigenvalue weighted by Crippen LogP contribution is -2.51. The van der Waals surface area contributed by atoms with Crippen LogP contribution in [0.1, 0.15) is 50.2 Å². The number of halogens is 1. The Morgan fingerprint density at radius 1 is 1.10 bits per heavy atom. The highest BCUT2D eigenvalue weighted by Crippen LogP contribution is 2.21. The van der Waals surface area contributed by atoms with Crippen molar-refractivity contribution in [2.24, 2.45) is 0 Å². The highest BCUT2D eigenvalue weighted by atomic mass is 35.5. The maximum atomic E-state index is 13.2. The van der Waals surface area contributed by atoms with Gasteiger partial charge in [0.05, 0.1) is 0 Å². The zero-order valence-corrected chi connectivity index (χ0v) is 19.0. The van der Waals surface area contributed by atoms with E-state index in [2.05, 4.69) is 5.32 Å². The van der Waals surface area contributed by atoms with Crippen LogP contribution in [0.3, 0.4) is 0 Å². The molecule has 0 unspecified atom stereocenters. The number of carbonyl (C=O) groups is 2. The van der Waals surface area contributed by atoms with E-state index < -0.39 is 6.04 Å². The molecule has 0 heterocycles. The molecule has 2 aromatic carbocycles. The van der Waals surface area contributed by atoms with Crippen LogP contribution in [0.25, 0.3) is 0 Å². The summed E-state index contributed by atoms with van der Waals surface area (Å²) in [5.74, 6) is 0.269. The lowest BCUT2D eigenvalue weighted by Gasteiger charge is -2.31. The van der Waals surface area contributed by atoms with E-state index in [0.717, 1.165) is 36.8 Å². The number of nitrogens with zero attached hydrogens (tertiary/aromatic N) is 1. The number of rotatable bonds is 8. The molecule has 31 heavy (non-hydrogen) atoms. The number of carbonyl (C=O) groups excluding carboxylic acids is 2. The molecule has 0 saturated heterocycles. The van der Waals surface area contributed by atoms with Crippen molar-refractivity contribution < 1.29 is 14.3 Å². The maximum Gasteiger partial charge on any atom is 0.261 e. The lowest BCUT2D eigenvalue weighted by molar-refractivity contribution is -0.142. The van der Waals surface area contributed by atoms with Crippen LogP contribution in [-0.2, 0) is 16.1 Å². The van der Waals surface area contributed by atoms with E-state index in [1.165, 1.54) is 6.42 Å². The van der Waals surface area contributed by atoms with Crippen molar-refractivity contribution in [1.29, 1.82) is 0 Å². The van der Waals surface area contributed by atoms with Crippen LogP contribution in [0.5, 0.6) is 5.75 Å². The normalized spacial score (nSPS) is 15.2. The molecule has 1 atom stereocenters. The molecule has 1 saturated carbocycles. The van der Waals surface area contributed by atoms with Crippen molar-refractivity contribution in [2.45, 2.75) is 64.6 Å². The summed E-state index contributed by atoms with van der Waals surface area (Å²) in [7, 11) is 0. The number of para-hydroxylation sites is 1.